The Morgan fingerprint density at radius 1 is 0.567 bits per heavy atom. The van der Waals surface area contributed by atoms with Gasteiger partial charge in [-0.15, -0.1) is 0 Å². The largest absolute Gasteiger partial charge is 0.478 e. The highest BCUT2D eigenvalue weighted by molar-refractivity contribution is 5.92. The molecule has 4 rings (SSSR count). The molecule has 4 heterocycles. The summed E-state index contributed by atoms with van der Waals surface area (Å²) < 4.78 is 0. The van der Waals surface area contributed by atoms with Crippen LogP contribution in [0.4, 0.5) is 0 Å². The highest BCUT2D eigenvalue weighted by Gasteiger charge is 2.16. The minimum atomic E-state index is -1.14. The van der Waals surface area contributed by atoms with E-state index in [1.165, 1.54) is 24.3 Å². The van der Waals surface area contributed by atoms with Gasteiger partial charge in [0.25, 0.3) is 0 Å². The van der Waals surface area contributed by atoms with Crippen molar-refractivity contribution in [1.29, 1.82) is 0 Å². The zero-order chi connectivity index (χ0) is 21.1. The molecule has 0 saturated carbocycles. The average Bonchev–Trinajstić information content (AvgIpc) is 2.79. The van der Waals surface area contributed by atoms with Gasteiger partial charge in [-0.05, 0) is 48.5 Å². The molecule has 0 aliphatic rings. The van der Waals surface area contributed by atoms with E-state index in [-0.39, 0.29) is 22.5 Å². The maximum atomic E-state index is 11.7. The van der Waals surface area contributed by atoms with Crippen LogP contribution in [0.3, 0.4) is 0 Å². The van der Waals surface area contributed by atoms with Crippen LogP contribution in [0.2, 0.25) is 0 Å². The molecule has 0 bridgehead atoms. The van der Waals surface area contributed by atoms with E-state index in [1.807, 2.05) is 0 Å². The van der Waals surface area contributed by atoms with Gasteiger partial charge in [0.1, 0.15) is 0 Å². The van der Waals surface area contributed by atoms with Gasteiger partial charge in [-0.2, -0.15) is 0 Å². The van der Waals surface area contributed by atoms with Crippen molar-refractivity contribution >= 4 is 11.9 Å². The number of aromatic nitrogens is 4. The highest BCUT2D eigenvalue weighted by atomic mass is 16.4. The van der Waals surface area contributed by atoms with Gasteiger partial charge in [0.05, 0.1) is 45.3 Å². The van der Waals surface area contributed by atoms with Crippen LogP contribution in [0.15, 0.2) is 73.1 Å². The van der Waals surface area contributed by atoms with Crippen molar-refractivity contribution in [3.63, 3.8) is 0 Å². The van der Waals surface area contributed by atoms with Crippen molar-refractivity contribution in [2.75, 3.05) is 0 Å². The molecule has 8 heteroatoms. The number of hydrogen-bond donors (Lipinski definition) is 2. The maximum Gasteiger partial charge on any atom is 0.335 e. The lowest BCUT2D eigenvalue weighted by Crippen LogP contribution is -2.04. The van der Waals surface area contributed by atoms with Crippen molar-refractivity contribution < 1.29 is 19.8 Å². The summed E-state index contributed by atoms with van der Waals surface area (Å²) in [4.78, 5) is 40.7. The fourth-order valence-corrected chi connectivity index (χ4v) is 2.86. The normalized spacial score (nSPS) is 10.5. The van der Waals surface area contributed by atoms with Crippen LogP contribution in [0.1, 0.15) is 20.7 Å². The summed E-state index contributed by atoms with van der Waals surface area (Å²) in [6, 6.07) is 15.9. The third-order valence-corrected chi connectivity index (χ3v) is 4.26. The number of carboxylic acid groups (broad SMARTS) is 2. The Labute approximate surface area is 170 Å². The molecule has 0 aromatic carbocycles. The molecule has 4 aromatic rings. The van der Waals surface area contributed by atoms with E-state index in [9.17, 15) is 19.8 Å². The van der Waals surface area contributed by atoms with Gasteiger partial charge in [-0.1, -0.05) is 12.1 Å². The number of hydrogen-bond acceptors (Lipinski definition) is 6. The van der Waals surface area contributed by atoms with E-state index in [0.717, 1.165) is 0 Å². The van der Waals surface area contributed by atoms with Crippen LogP contribution in [0.25, 0.3) is 34.2 Å². The summed E-state index contributed by atoms with van der Waals surface area (Å²) in [5.41, 5.74) is 2.07. The fraction of sp³-hybridized carbons (Fsp3) is 0. The average molecular weight is 398 g/mol. The molecule has 0 aliphatic heterocycles. The van der Waals surface area contributed by atoms with Gasteiger partial charge in [0, 0.05) is 12.4 Å². The molecule has 0 radical (unpaired) electrons. The Morgan fingerprint density at radius 3 is 1.23 bits per heavy atom. The van der Waals surface area contributed by atoms with Gasteiger partial charge in [-0.3, -0.25) is 9.97 Å². The molecule has 0 saturated heterocycles. The standard InChI is InChI=1S/C22H14N4O4/c27-21(28)13-9-17(15-5-1-3-7-23-15)25-19(11-13)20-12-14(22(29)30)10-18(26-20)16-6-2-4-8-24-16/h1-12H,(H,27,28)(H,29,30). The van der Waals surface area contributed by atoms with Crippen molar-refractivity contribution in [2.45, 2.75) is 0 Å². The second kappa shape index (κ2) is 7.88. The topological polar surface area (TPSA) is 126 Å². The minimum absolute atomic E-state index is 0.0115. The van der Waals surface area contributed by atoms with E-state index >= 15 is 0 Å². The monoisotopic (exact) mass is 398 g/mol. The number of aromatic carboxylic acids is 2. The first-order valence-corrected chi connectivity index (χ1v) is 8.85. The number of rotatable bonds is 5. The first kappa shape index (κ1) is 18.9. The predicted octanol–water partition coefficient (Wildman–Crippen LogP) is 3.66. The summed E-state index contributed by atoms with van der Waals surface area (Å²) >= 11 is 0. The Bertz CT molecular complexity index is 1150. The summed E-state index contributed by atoms with van der Waals surface area (Å²) in [6.45, 7) is 0. The summed E-state index contributed by atoms with van der Waals surface area (Å²) in [5, 5.41) is 19.1. The Morgan fingerprint density at radius 2 is 0.933 bits per heavy atom. The lowest BCUT2D eigenvalue weighted by Gasteiger charge is -2.09. The smallest absolute Gasteiger partial charge is 0.335 e. The molecule has 0 unspecified atom stereocenters. The van der Waals surface area contributed by atoms with Crippen LogP contribution in [0, 0.1) is 0 Å². The number of pyridine rings is 4. The molecule has 0 atom stereocenters. The third-order valence-electron chi connectivity index (χ3n) is 4.26. The second-order valence-electron chi connectivity index (χ2n) is 6.29. The Balaban J connectivity index is 1.93. The molecule has 0 spiro atoms. The van der Waals surface area contributed by atoms with Crippen LogP contribution >= 0.6 is 0 Å². The highest BCUT2D eigenvalue weighted by Crippen LogP contribution is 2.26. The van der Waals surface area contributed by atoms with Crippen LogP contribution in [-0.2, 0) is 0 Å². The molecule has 0 amide bonds. The fourth-order valence-electron chi connectivity index (χ4n) is 2.86. The lowest BCUT2D eigenvalue weighted by molar-refractivity contribution is 0.0686. The Hall–Kier alpha value is -4.46. The molecule has 4 aromatic heterocycles. The van der Waals surface area contributed by atoms with E-state index < -0.39 is 11.9 Å². The lowest BCUT2D eigenvalue weighted by atomic mass is 10.1. The summed E-state index contributed by atoms with van der Waals surface area (Å²) in [7, 11) is 0. The maximum absolute atomic E-state index is 11.7. The van der Waals surface area contributed by atoms with Crippen LogP contribution < -0.4 is 0 Å². The molecule has 8 nitrogen and oxygen atoms in total. The third kappa shape index (κ3) is 3.88. The van der Waals surface area contributed by atoms with E-state index in [2.05, 4.69) is 19.9 Å². The van der Waals surface area contributed by atoms with Crippen molar-refractivity contribution in [2.24, 2.45) is 0 Å². The van der Waals surface area contributed by atoms with Crippen molar-refractivity contribution in [3.05, 3.63) is 84.2 Å². The molecular formula is C22H14N4O4. The zero-order valence-corrected chi connectivity index (χ0v) is 15.4. The van der Waals surface area contributed by atoms with Gasteiger partial charge >= 0.3 is 11.9 Å². The van der Waals surface area contributed by atoms with Gasteiger partial charge in [-0.25, -0.2) is 19.6 Å². The summed E-state index contributed by atoms with van der Waals surface area (Å²) in [6.07, 6.45) is 3.15. The Kier molecular flexibility index (Phi) is 4.96. The zero-order valence-electron chi connectivity index (χ0n) is 15.4. The van der Waals surface area contributed by atoms with Crippen LogP contribution in [0.5, 0.6) is 0 Å². The molecule has 30 heavy (non-hydrogen) atoms. The number of carbonyl (C=O) groups is 2. The van der Waals surface area contributed by atoms with E-state index in [4.69, 9.17) is 0 Å². The van der Waals surface area contributed by atoms with Gasteiger partial charge < -0.3 is 10.2 Å². The first-order valence-electron chi connectivity index (χ1n) is 8.85. The van der Waals surface area contributed by atoms with Crippen molar-refractivity contribution in [1.82, 2.24) is 19.9 Å². The summed E-state index contributed by atoms with van der Waals surface area (Å²) in [5.74, 6) is -2.29. The number of nitrogens with zero attached hydrogens (tertiary/aromatic N) is 4. The molecule has 0 fully saturated rings. The SMILES string of the molecule is O=C(O)c1cc(-c2ccccn2)nc(-c2cc(C(=O)O)cc(-c3ccccn3)n2)c1. The van der Waals surface area contributed by atoms with Gasteiger partial charge in [0.2, 0.25) is 0 Å². The predicted molar refractivity (Wildman–Crippen MR) is 108 cm³/mol. The van der Waals surface area contributed by atoms with Crippen LogP contribution in [-0.4, -0.2) is 42.1 Å². The number of carboxylic acids is 2. The first-order chi connectivity index (χ1) is 14.5. The van der Waals surface area contributed by atoms with E-state index in [0.29, 0.717) is 22.8 Å². The quantitative estimate of drug-likeness (QED) is 0.521. The van der Waals surface area contributed by atoms with E-state index in [1.54, 1.807) is 48.8 Å². The molecular weight excluding hydrogens is 384 g/mol. The molecule has 0 aliphatic carbocycles. The molecule has 146 valence electrons. The van der Waals surface area contributed by atoms with Gasteiger partial charge in [0.15, 0.2) is 0 Å². The minimum Gasteiger partial charge on any atom is -0.478 e. The molecule has 2 N–H and O–H groups in total. The van der Waals surface area contributed by atoms with Crippen molar-refractivity contribution in [3.8, 4) is 34.2 Å². The second-order valence-corrected chi connectivity index (χ2v) is 6.29.